The molecule has 2 unspecified atom stereocenters. The lowest BCUT2D eigenvalue weighted by Gasteiger charge is -2.44. The van der Waals surface area contributed by atoms with Crippen molar-refractivity contribution in [1.29, 1.82) is 0 Å². The molecule has 1 fully saturated rings. The molecule has 19 heavy (non-hydrogen) atoms. The van der Waals surface area contributed by atoms with Crippen LogP contribution in [0.15, 0.2) is 22.8 Å². The first kappa shape index (κ1) is 14.6. The van der Waals surface area contributed by atoms with Gasteiger partial charge < -0.3 is 10.2 Å². The summed E-state index contributed by atoms with van der Waals surface area (Å²) in [5.41, 5.74) is 6.75. The van der Waals surface area contributed by atoms with E-state index in [0.717, 1.165) is 18.8 Å². The van der Waals surface area contributed by atoms with Crippen molar-refractivity contribution in [3.05, 3.63) is 24.2 Å². The quantitative estimate of drug-likeness (QED) is 0.884. The van der Waals surface area contributed by atoms with Gasteiger partial charge in [0.2, 0.25) is 0 Å². The number of hydrogen-bond donors (Lipinski definition) is 1. The van der Waals surface area contributed by atoms with E-state index in [4.69, 9.17) is 10.2 Å². The van der Waals surface area contributed by atoms with Crippen molar-refractivity contribution in [1.82, 2.24) is 4.90 Å². The average molecular weight is 264 g/mol. The summed E-state index contributed by atoms with van der Waals surface area (Å²) < 4.78 is 5.59. The maximum atomic E-state index is 6.19. The van der Waals surface area contributed by atoms with E-state index < -0.39 is 0 Å². The van der Waals surface area contributed by atoms with E-state index in [-0.39, 0.29) is 12.1 Å². The van der Waals surface area contributed by atoms with E-state index in [1.807, 2.05) is 6.07 Å². The lowest BCUT2D eigenvalue weighted by Crippen LogP contribution is -2.46. The monoisotopic (exact) mass is 264 g/mol. The minimum atomic E-state index is 0.0990. The summed E-state index contributed by atoms with van der Waals surface area (Å²) in [6.45, 7) is 9.00. The number of piperidine rings is 1. The second kappa shape index (κ2) is 6.10. The Kier molecular flexibility index (Phi) is 4.69. The molecule has 2 N–H and O–H groups in total. The Morgan fingerprint density at radius 1 is 1.32 bits per heavy atom. The Morgan fingerprint density at radius 2 is 1.95 bits per heavy atom. The highest BCUT2D eigenvalue weighted by Crippen LogP contribution is 2.40. The topological polar surface area (TPSA) is 42.4 Å². The third-order valence-corrected chi connectivity index (χ3v) is 5.08. The maximum Gasteiger partial charge on any atom is 0.122 e. The SMILES string of the molecule is CCC1(CC)CCN(C(c2ccco2)C(C)N)CC1. The molecule has 1 aliphatic rings. The first-order valence-electron chi connectivity index (χ1n) is 7.65. The molecule has 3 heteroatoms. The minimum absolute atomic E-state index is 0.0990. The molecule has 0 saturated carbocycles. The van der Waals surface area contributed by atoms with E-state index in [1.165, 1.54) is 25.7 Å². The number of nitrogens with two attached hydrogens (primary N) is 1. The largest absolute Gasteiger partial charge is 0.468 e. The van der Waals surface area contributed by atoms with Gasteiger partial charge in [0.25, 0.3) is 0 Å². The third-order valence-electron chi connectivity index (χ3n) is 5.08. The van der Waals surface area contributed by atoms with Gasteiger partial charge in [0.05, 0.1) is 12.3 Å². The zero-order valence-corrected chi connectivity index (χ0v) is 12.6. The van der Waals surface area contributed by atoms with Gasteiger partial charge in [0, 0.05) is 6.04 Å². The average Bonchev–Trinajstić information content (AvgIpc) is 2.93. The fourth-order valence-electron chi connectivity index (χ4n) is 3.46. The minimum Gasteiger partial charge on any atom is -0.468 e. The van der Waals surface area contributed by atoms with Crippen LogP contribution in [-0.2, 0) is 0 Å². The van der Waals surface area contributed by atoms with Gasteiger partial charge in [-0.1, -0.05) is 26.7 Å². The second-order valence-electron chi connectivity index (χ2n) is 6.06. The first-order chi connectivity index (χ1) is 9.12. The molecule has 0 spiro atoms. The van der Waals surface area contributed by atoms with Gasteiger partial charge >= 0.3 is 0 Å². The Balaban J connectivity index is 2.06. The van der Waals surface area contributed by atoms with Crippen LogP contribution in [-0.4, -0.2) is 24.0 Å². The number of hydrogen-bond acceptors (Lipinski definition) is 3. The smallest absolute Gasteiger partial charge is 0.122 e. The lowest BCUT2D eigenvalue weighted by atomic mass is 9.74. The summed E-state index contributed by atoms with van der Waals surface area (Å²) >= 11 is 0. The molecule has 108 valence electrons. The highest BCUT2D eigenvalue weighted by atomic mass is 16.3. The van der Waals surface area contributed by atoms with Crippen molar-refractivity contribution in [2.45, 2.75) is 58.5 Å². The zero-order valence-electron chi connectivity index (χ0n) is 12.6. The lowest BCUT2D eigenvalue weighted by molar-refractivity contribution is 0.0511. The molecular weight excluding hydrogens is 236 g/mol. The molecular formula is C16H28N2O. The van der Waals surface area contributed by atoms with Gasteiger partial charge in [0.1, 0.15) is 5.76 Å². The number of furan rings is 1. The number of rotatable bonds is 5. The summed E-state index contributed by atoms with van der Waals surface area (Å²) in [6.07, 6.45) is 6.90. The summed E-state index contributed by atoms with van der Waals surface area (Å²) in [7, 11) is 0. The van der Waals surface area contributed by atoms with E-state index in [1.54, 1.807) is 6.26 Å². The zero-order chi connectivity index (χ0) is 13.9. The van der Waals surface area contributed by atoms with Gasteiger partial charge in [-0.2, -0.15) is 0 Å². The molecule has 1 aromatic rings. The van der Waals surface area contributed by atoms with Gasteiger partial charge in [0.15, 0.2) is 0 Å². The number of nitrogens with zero attached hydrogens (tertiary/aromatic N) is 1. The molecule has 2 heterocycles. The van der Waals surface area contributed by atoms with Crippen LogP contribution in [0, 0.1) is 5.41 Å². The Bertz CT molecular complexity index is 358. The standard InChI is InChI=1S/C16H28N2O/c1-4-16(5-2)8-10-18(11-9-16)15(13(3)17)14-7-6-12-19-14/h6-7,12-13,15H,4-5,8-11,17H2,1-3H3. The molecule has 2 atom stereocenters. The van der Waals surface area contributed by atoms with Gasteiger partial charge in [-0.15, -0.1) is 0 Å². The Morgan fingerprint density at radius 3 is 2.37 bits per heavy atom. The van der Waals surface area contributed by atoms with Crippen LogP contribution < -0.4 is 5.73 Å². The molecule has 1 aromatic heterocycles. The summed E-state index contributed by atoms with van der Waals surface area (Å²) in [6, 6.07) is 4.33. The summed E-state index contributed by atoms with van der Waals surface area (Å²) in [5.74, 6) is 1.01. The molecule has 0 aromatic carbocycles. The Hall–Kier alpha value is -0.800. The van der Waals surface area contributed by atoms with E-state index in [9.17, 15) is 0 Å². The van der Waals surface area contributed by atoms with Crippen LogP contribution in [0.25, 0.3) is 0 Å². The van der Waals surface area contributed by atoms with Crippen molar-refractivity contribution >= 4 is 0 Å². The normalized spacial score (nSPS) is 23.2. The Labute approximate surface area is 117 Å². The second-order valence-corrected chi connectivity index (χ2v) is 6.06. The van der Waals surface area contributed by atoms with Gasteiger partial charge in [-0.05, 0) is 50.4 Å². The van der Waals surface area contributed by atoms with Crippen molar-refractivity contribution in [2.75, 3.05) is 13.1 Å². The van der Waals surface area contributed by atoms with E-state index in [0.29, 0.717) is 5.41 Å². The highest BCUT2D eigenvalue weighted by molar-refractivity contribution is 5.08. The molecule has 3 nitrogen and oxygen atoms in total. The van der Waals surface area contributed by atoms with Crippen LogP contribution in [0.2, 0.25) is 0 Å². The molecule has 0 radical (unpaired) electrons. The fourth-order valence-corrected chi connectivity index (χ4v) is 3.46. The van der Waals surface area contributed by atoms with E-state index >= 15 is 0 Å². The number of likely N-dealkylation sites (tertiary alicyclic amines) is 1. The van der Waals surface area contributed by atoms with Crippen LogP contribution in [0.4, 0.5) is 0 Å². The van der Waals surface area contributed by atoms with Crippen LogP contribution in [0.3, 0.4) is 0 Å². The van der Waals surface area contributed by atoms with E-state index in [2.05, 4.69) is 31.7 Å². The summed E-state index contributed by atoms with van der Waals surface area (Å²) in [5, 5.41) is 0. The van der Waals surface area contributed by atoms with Crippen molar-refractivity contribution < 1.29 is 4.42 Å². The molecule has 1 aliphatic heterocycles. The maximum absolute atomic E-state index is 6.19. The molecule has 0 amide bonds. The predicted molar refractivity (Wildman–Crippen MR) is 78.9 cm³/mol. The van der Waals surface area contributed by atoms with Crippen molar-refractivity contribution in [3.8, 4) is 0 Å². The van der Waals surface area contributed by atoms with Gasteiger partial charge in [-0.25, -0.2) is 0 Å². The highest BCUT2D eigenvalue weighted by Gasteiger charge is 2.35. The first-order valence-corrected chi connectivity index (χ1v) is 7.65. The summed E-state index contributed by atoms with van der Waals surface area (Å²) in [4.78, 5) is 2.51. The van der Waals surface area contributed by atoms with Gasteiger partial charge in [-0.3, -0.25) is 4.90 Å². The molecule has 0 bridgehead atoms. The fraction of sp³-hybridized carbons (Fsp3) is 0.750. The molecule has 1 saturated heterocycles. The van der Waals surface area contributed by atoms with Crippen LogP contribution in [0.1, 0.15) is 58.3 Å². The van der Waals surface area contributed by atoms with Crippen LogP contribution in [0.5, 0.6) is 0 Å². The van der Waals surface area contributed by atoms with Crippen molar-refractivity contribution in [2.24, 2.45) is 11.1 Å². The predicted octanol–water partition coefficient (Wildman–Crippen LogP) is 3.57. The van der Waals surface area contributed by atoms with Crippen molar-refractivity contribution in [3.63, 3.8) is 0 Å². The molecule has 2 rings (SSSR count). The van der Waals surface area contributed by atoms with Crippen LogP contribution >= 0.6 is 0 Å². The molecule has 0 aliphatic carbocycles. The third kappa shape index (κ3) is 3.03.